The number of aryl methyl sites for hydroxylation is 1. The highest BCUT2D eigenvalue weighted by Gasteiger charge is 2.46. The van der Waals surface area contributed by atoms with Crippen molar-refractivity contribution in [3.8, 4) is 11.8 Å². The summed E-state index contributed by atoms with van der Waals surface area (Å²) in [6.45, 7) is -0.993. The first-order valence-corrected chi connectivity index (χ1v) is 16.8. The standard InChI is InChI=1S/C20H28N5O16P3/c26-15(7-13-8-21-11-23-13)22-6-4-2-1-3-5-12-9-25(20(30)24-18(12)29)19-17(28)16(27)14(39-19)10-38-43(34,35)41-44(36,37)40-42(31,32)33/h8-9,11,14,16-17,19,27-28H,1,3,5-7,10H2,(H,21,23)(H,22,26)(H,34,35)(H,36,37)(H,24,29,30)(H2,31,32,33)/t14-,16-,17-,19-/m1/s1. The van der Waals surface area contributed by atoms with Gasteiger partial charge in [0.15, 0.2) is 6.23 Å². The van der Waals surface area contributed by atoms with Crippen LogP contribution in [-0.2, 0) is 49.2 Å². The molecule has 2 aromatic rings. The number of hydrogen-bond donors (Lipinski definition) is 9. The minimum atomic E-state index is -5.79. The van der Waals surface area contributed by atoms with E-state index in [1.54, 1.807) is 0 Å². The summed E-state index contributed by atoms with van der Waals surface area (Å²) in [4.78, 5) is 81.1. The Kier molecular flexibility index (Phi) is 12.2. The van der Waals surface area contributed by atoms with Gasteiger partial charge in [0.1, 0.15) is 18.3 Å². The summed E-state index contributed by atoms with van der Waals surface area (Å²) in [5, 5.41) is 23.3. The van der Waals surface area contributed by atoms with E-state index in [4.69, 9.17) is 14.5 Å². The van der Waals surface area contributed by atoms with Gasteiger partial charge in [-0.15, -0.1) is 5.92 Å². The average molecular weight is 687 g/mol. The van der Waals surface area contributed by atoms with Gasteiger partial charge in [0.05, 0.1) is 25.9 Å². The van der Waals surface area contributed by atoms with Crippen molar-refractivity contribution in [1.82, 2.24) is 24.8 Å². The number of rotatable bonds is 14. The van der Waals surface area contributed by atoms with Crippen LogP contribution < -0.4 is 16.6 Å². The monoisotopic (exact) mass is 687 g/mol. The van der Waals surface area contributed by atoms with Gasteiger partial charge in [-0.2, -0.15) is 8.62 Å². The number of H-pyrrole nitrogens is 2. The van der Waals surface area contributed by atoms with E-state index in [0.717, 1.165) is 10.8 Å². The fourth-order valence-corrected chi connectivity index (χ4v) is 6.77. The first-order valence-electron chi connectivity index (χ1n) is 12.3. The van der Waals surface area contributed by atoms with Gasteiger partial charge in [-0.25, -0.2) is 23.5 Å². The van der Waals surface area contributed by atoms with E-state index in [9.17, 15) is 48.1 Å². The summed E-state index contributed by atoms with van der Waals surface area (Å²) >= 11 is 0. The van der Waals surface area contributed by atoms with Crippen LogP contribution in [0.2, 0.25) is 0 Å². The molecule has 9 N–H and O–H groups in total. The van der Waals surface area contributed by atoms with E-state index in [1.807, 2.05) is 4.98 Å². The summed E-state index contributed by atoms with van der Waals surface area (Å²) < 4.78 is 51.8. The van der Waals surface area contributed by atoms with Crippen LogP contribution in [0.15, 0.2) is 28.3 Å². The van der Waals surface area contributed by atoms with E-state index in [0.29, 0.717) is 18.5 Å². The zero-order chi connectivity index (χ0) is 32.7. The summed E-state index contributed by atoms with van der Waals surface area (Å²) in [6.07, 6.45) is -2.00. The number of aromatic amines is 2. The number of carbonyl (C=O) groups is 1. The molecular formula is C20H28N5O16P3. The maximum atomic E-state index is 12.4. The Labute approximate surface area is 246 Å². The van der Waals surface area contributed by atoms with Gasteiger partial charge in [0, 0.05) is 30.1 Å². The molecule has 6 atom stereocenters. The number of aliphatic hydroxyl groups is 2. The molecule has 1 aliphatic heterocycles. The number of hydrogen-bond acceptors (Lipinski definition) is 13. The van der Waals surface area contributed by atoms with Gasteiger partial charge in [0.2, 0.25) is 5.91 Å². The second kappa shape index (κ2) is 15.0. The number of carbonyl (C=O) groups excluding carboxylic acids is 1. The first-order chi connectivity index (χ1) is 20.5. The SMILES string of the molecule is O=C(Cc1cnc[nH]1)NCC#CCCCc1cn([C@@H]2O[C@H](COP(=O)(O)OP(=O)(O)OP(=O)(O)O)[C@@H](O)[C@H]2O)c(=O)[nH]c1=O. The fourth-order valence-electron chi connectivity index (χ4n) is 3.74. The molecule has 44 heavy (non-hydrogen) atoms. The number of amides is 1. The molecule has 0 aromatic carbocycles. The Hall–Kier alpha value is -2.79. The fraction of sp³-hybridized carbons (Fsp3) is 0.500. The highest BCUT2D eigenvalue weighted by atomic mass is 31.3. The Bertz CT molecular complexity index is 1630. The average Bonchev–Trinajstić information content (AvgIpc) is 3.49. The molecule has 1 amide bonds. The lowest BCUT2D eigenvalue weighted by atomic mass is 10.1. The van der Waals surface area contributed by atoms with Gasteiger partial charge < -0.3 is 44.8 Å². The second-order valence-electron chi connectivity index (χ2n) is 8.99. The molecule has 0 radical (unpaired) electrons. The largest absolute Gasteiger partial charge is 0.490 e. The number of aliphatic hydroxyl groups excluding tert-OH is 2. The van der Waals surface area contributed by atoms with Crippen LogP contribution in [0.1, 0.15) is 30.3 Å². The number of phosphoric ester groups is 1. The topological polar surface area (TPSA) is 322 Å². The normalized spacial score (nSPS) is 22.9. The maximum Gasteiger partial charge on any atom is 0.490 e. The third kappa shape index (κ3) is 11.0. The van der Waals surface area contributed by atoms with Crippen molar-refractivity contribution in [3.05, 3.63) is 50.8 Å². The van der Waals surface area contributed by atoms with Crippen LogP contribution in [0.25, 0.3) is 0 Å². The lowest BCUT2D eigenvalue weighted by Crippen LogP contribution is -2.39. The van der Waals surface area contributed by atoms with Crippen molar-refractivity contribution in [2.24, 2.45) is 0 Å². The molecule has 0 aliphatic carbocycles. The van der Waals surface area contributed by atoms with Gasteiger partial charge >= 0.3 is 29.2 Å². The molecule has 0 spiro atoms. The van der Waals surface area contributed by atoms with E-state index >= 15 is 0 Å². The Morgan fingerprint density at radius 2 is 1.82 bits per heavy atom. The highest BCUT2D eigenvalue weighted by Crippen LogP contribution is 2.66. The van der Waals surface area contributed by atoms with Gasteiger partial charge in [-0.1, -0.05) is 5.92 Å². The molecule has 21 nitrogen and oxygen atoms in total. The summed E-state index contributed by atoms with van der Waals surface area (Å²) in [7, 11) is -17.0. The Balaban J connectivity index is 1.55. The number of nitrogens with zero attached hydrogens (tertiary/aromatic N) is 2. The molecule has 3 rings (SSSR count). The molecule has 1 aliphatic rings. The van der Waals surface area contributed by atoms with Gasteiger partial charge in [0.25, 0.3) is 5.56 Å². The molecule has 3 heterocycles. The third-order valence-corrected chi connectivity index (χ3v) is 9.43. The van der Waals surface area contributed by atoms with E-state index in [2.05, 4.69) is 40.3 Å². The Morgan fingerprint density at radius 3 is 2.48 bits per heavy atom. The number of nitrogens with one attached hydrogen (secondary N) is 3. The predicted molar refractivity (Wildman–Crippen MR) is 143 cm³/mol. The van der Waals surface area contributed by atoms with E-state index < -0.39 is 65.9 Å². The number of imidazole rings is 1. The van der Waals surface area contributed by atoms with Crippen molar-refractivity contribution < 1.29 is 66.2 Å². The van der Waals surface area contributed by atoms with Crippen molar-refractivity contribution in [1.29, 1.82) is 0 Å². The first kappa shape index (κ1) is 35.7. The van der Waals surface area contributed by atoms with Gasteiger partial charge in [-0.3, -0.25) is 23.7 Å². The number of phosphoric acid groups is 3. The molecule has 0 bridgehead atoms. The zero-order valence-electron chi connectivity index (χ0n) is 22.3. The van der Waals surface area contributed by atoms with Crippen molar-refractivity contribution >= 4 is 29.4 Å². The van der Waals surface area contributed by atoms with E-state index in [-0.39, 0.29) is 30.9 Å². The molecule has 1 fully saturated rings. The van der Waals surface area contributed by atoms with E-state index in [1.165, 1.54) is 12.5 Å². The zero-order valence-corrected chi connectivity index (χ0v) is 25.0. The molecule has 0 saturated carbocycles. The van der Waals surface area contributed by atoms with Crippen LogP contribution in [0.5, 0.6) is 0 Å². The Morgan fingerprint density at radius 1 is 1.09 bits per heavy atom. The van der Waals surface area contributed by atoms with Crippen molar-refractivity contribution in [2.75, 3.05) is 13.2 Å². The minimum Gasteiger partial charge on any atom is -0.387 e. The lowest BCUT2D eigenvalue weighted by Gasteiger charge is -2.19. The molecule has 1 saturated heterocycles. The smallest absolute Gasteiger partial charge is 0.387 e. The second-order valence-corrected chi connectivity index (χ2v) is 13.4. The molecule has 2 unspecified atom stereocenters. The van der Waals surface area contributed by atoms with Crippen LogP contribution in [-0.4, -0.2) is 86.7 Å². The van der Waals surface area contributed by atoms with Crippen LogP contribution in [0, 0.1) is 11.8 Å². The van der Waals surface area contributed by atoms with Crippen molar-refractivity contribution in [2.45, 2.75) is 50.2 Å². The summed E-state index contributed by atoms with van der Waals surface area (Å²) in [5.41, 5.74) is -1.04. The maximum absolute atomic E-state index is 12.4. The van der Waals surface area contributed by atoms with Gasteiger partial charge in [-0.05, 0) is 12.8 Å². The molecule has 24 heteroatoms. The number of ether oxygens (including phenoxy) is 1. The van der Waals surface area contributed by atoms with Crippen LogP contribution in [0.4, 0.5) is 0 Å². The number of aromatic nitrogens is 4. The number of unbranched alkanes of at least 4 members (excludes halogenated alkanes) is 1. The summed E-state index contributed by atoms with van der Waals surface area (Å²) in [5.74, 6) is 5.34. The van der Waals surface area contributed by atoms with Crippen LogP contribution in [0.3, 0.4) is 0 Å². The third-order valence-electron chi connectivity index (χ3n) is 5.62. The highest BCUT2D eigenvalue weighted by molar-refractivity contribution is 7.66. The van der Waals surface area contributed by atoms with Crippen molar-refractivity contribution in [3.63, 3.8) is 0 Å². The molecule has 244 valence electrons. The summed E-state index contributed by atoms with van der Waals surface area (Å²) in [6, 6.07) is 0. The predicted octanol–water partition coefficient (Wildman–Crippen LogP) is -2.09. The van der Waals surface area contributed by atoms with Crippen LogP contribution >= 0.6 is 23.5 Å². The molecular weight excluding hydrogens is 659 g/mol. The minimum absolute atomic E-state index is 0.0845. The quantitative estimate of drug-likeness (QED) is 0.0584. The lowest BCUT2D eigenvalue weighted by molar-refractivity contribution is -0.120. The molecule has 2 aromatic heterocycles.